The molecule has 0 aliphatic heterocycles. The van der Waals surface area contributed by atoms with Crippen LogP contribution in [0.4, 0.5) is 16.3 Å². The molecule has 5 heteroatoms. The van der Waals surface area contributed by atoms with Gasteiger partial charge in [-0.05, 0) is 31.9 Å². The molecule has 1 fully saturated rings. The Morgan fingerprint density at radius 3 is 2.88 bits per heavy atom. The van der Waals surface area contributed by atoms with Gasteiger partial charge >= 0.3 is 6.03 Å². The largest absolute Gasteiger partial charge is 0.370 e. The number of hydrogen-bond acceptors (Lipinski definition) is 3. The summed E-state index contributed by atoms with van der Waals surface area (Å²) < 4.78 is 0. The minimum atomic E-state index is -0.152. The predicted molar refractivity (Wildman–Crippen MR) is 63.6 cm³/mol. The molecule has 1 saturated carbocycles. The predicted octanol–water partition coefficient (Wildman–Crippen LogP) is 1.80. The van der Waals surface area contributed by atoms with E-state index in [1.165, 1.54) is 0 Å². The van der Waals surface area contributed by atoms with Gasteiger partial charge in [-0.15, -0.1) is 0 Å². The molecule has 1 aliphatic carbocycles. The summed E-state index contributed by atoms with van der Waals surface area (Å²) in [7, 11) is 0. The van der Waals surface area contributed by atoms with E-state index >= 15 is 0 Å². The average Bonchev–Trinajstić information content (AvgIpc) is 3.05. The van der Waals surface area contributed by atoms with Crippen LogP contribution in [0.15, 0.2) is 18.3 Å². The number of hydrogen-bond donors (Lipinski definition) is 3. The molecule has 0 unspecified atom stereocenters. The molecule has 1 heterocycles. The lowest BCUT2D eigenvalue weighted by molar-refractivity contribution is 0.251. The lowest BCUT2D eigenvalue weighted by Gasteiger charge is -2.07. The van der Waals surface area contributed by atoms with Gasteiger partial charge in [0.2, 0.25) is 0 Å². The van der Waals surface area contributed by atoms with Crippen LogP contribution < -0.4 is 16.0 Å². The first-order valence-corrected chi connectivity index (χ1v) is 5.55. The summed E-state index contributed by atoms with van der Waals surface area (Å²) in [4.78, 5) is 15.6. The van der Waals surface area contributed by atoms with E-state index in [0.717, 1.165) is 25.2 Å². The highest BCUT2D eigenvalue weighted by Gasteiger charge is 2.23. The third kappa shape index (κ3) is 3.12. The molecule has 1 aromatic rings. The standard InChI is InChI=1S/C11H16N4O/c1-2-12-10-6-5-9(7-13-10)15-11(16)14-8-3-4-8/h5-8H,2-4H2,1H3,(H,12,13)(H2,14,15,16). The van der Waals surface area contributed by atoms with Crippen LogP contribution in [-0.4, -0.2) is 23.6 Å². The smallest absolute Gasteiger partial charge is 0.319 e. The number of nitrogens with one attached hydrogen (secondary N) is 3. The zero-order valence-electron chi connectivity index (χ0n) is 9.29. The maximum absolute atomic E-state index is 11.4. The van der Waals surface area contributed by atoms with Gasteiger partial charge in [0.05, 0.1) is 11.9 Å². The Bertz CT molecular complexity index is 359. The second kappa shape index (κ2) is 4.83. The van der Waals surface area contributed by atoms with E-state index in [2.05, 4.69) is 20.9 Å². The quantitative estimate of drug-likeness (QED) is 0.724. The molecule has 16 heavy (non-hydrogen) atoms. The molecule has 0 bridgehead atoms. The van der Waals surface area contributed by atoms with Crippen LogP contribution in [0.5, 0.6) is 0 Å². The van der Waals surface area contributed by atoms with Crippen LogP contribution in [0.2, 0.25) is 0 Å². The van der Waals surface area contributed by atoms with Gasteiger partial charge in [-0.1, -0.05) is 0 Å². The molecule has 0 aromatic carbocycles. The van der Waals surface area contributed by atoms with Gasteiger partial charge in [-0.2, -0.15) is 0 Å². The Kier molecular flexibility index (Phi) is 3.24. The number of aromatic nitrogens is 1. The molecule has 86 valence electrons. The zero-order chi connectivity index (χ0) is 11.4. The zero-order valence-corrected chi connectivity index (χ0v) is 9.29. The monoisotopic (exact) mass is 220 g/mol. The van der Waals surface area contributed by atoms with Crippen molar-refractivity contribution < 1.29 is 4.79 Å². The highest BCUT2D eigenvalue weighted by atomic mass is 16.2. The summed E-state index contributed by atoms with van der Waals surface area (Å²) in [6, 6.07) is 3.89. The lowest BCUT2D eigenvalue weighted by atomic mass is 10.4. The van der Waals surface area contributed by atoms with E-state index in [4.69, 9.17) is 0 Å². The Balaban J connectivity index is 1.85. The number of rotatable bonds is 4. The van der Waals surface area contributed by atoms with Gasteiger partial charge in [-0.25, -0.2) is 9.78 Å². The highest BCUT2D eigenvalue weighted by Crippen LogP contribution is 2.18. The van der Waals surface area contributed by atoms with Crippen molar-refractivity contribution in [1.82, 2.24) is 10.3 Å². The molecule has 0 spiro atoms. The number of nitrogens with zero attached hydrogens (tertiary/aromatic N) is 1. The SMILES string of the molecule is CCNc1ccc(NC(=O)NC2CC2)cn1. The van der Waals surface area contributed by atoms with Crippen LogP contribution in [0, 0.1) is 0 Å². The van der Waals surface area contributed by atoms with Crippen molar-refractivity contribution in [1.29, 1.82) is 0 Å². The van der Waals surface area contributed by atoms with Crippen molar-refractivity contribution in [2.24, 2.45) is 0 Å². The topological polar surface area (TPSA) is 66.0 Å². The molecule has 0 radical (unpaired) electrons. The summed E-state index contributed by atoms with van der Waals surface area (Å²) in [5.74, 6) is 0.815. The normalized spacial score (nSPS) is 14.3. The Hall–Kier alpha value is -1.78. The van der Waals surface area contributed by atoms with Crippen molar-refractivity contribution in [3.05, 3.63) is 18.3 Å². The number of amides is 2. The van der Waals surface area contributed by atoms with E-state index in [1.807, 2.05) is 19.1 Å². The van der Waals surface area contributed by atoms with Crippen LogP contribution >= 0.6 is 0 Å². The van der Waals surface area contributed by atoms with Gasteiger partial charge in [0.1, 0.15) is 5.82 Å². The molecule has 2 rings (SSSR count). The van der Waals surface area contributed by atoms with Crippen molar-refractivity contribution >= 4 is 17.5 Å². The Morgan fingerprint density at radius 1 is 1.50 bits per heavy atom. The first-order valence-electron chi connectivity index (χ1n) is 5.55. The molecule has 3 N–H and O–H groups in total. The Labute approximate surface area is 94.6 Å². The first-order chi connectivity index (χ1) is 7.78. The Morgan fingerprint density at radius 2 is 2.31 bits per heavy atom. The van der Waals surface area contributed by atoms with Crippen LogP contribution in [-0.2, 0) is 0 Å². The second-order valence-corrected chi connectivity index (χ2v) is 3.84. The molecule has 0 saturated heterocycles. The van der Waals surface area contributed by atoms with Gasteiger partial charge in [0, 0.05) is 12.6 Å². The molecule has 1 aromatic heterocycles. The fourth-order valence-corrected chi connectivity index (χ4v) is 1.33. The summed E-state index contributed by atoms with van der Waals surface area (Å²) in [6.07, 6.45) is 3.82. The van der Waals surface area contributed by atoms with Crippen molar-refractivity contribution in [2.45, 2.75) is 25.8 Å². The van der Waals surface area contributed by atoms with Gasteiger partial charge in [-0.3, -0.25) is 0 Å². The minimum Gasteiger partial charge on any atom is -0.370 e. The van der Waals surface area contributed by atoms with Crippen LogP contribution in [0.25, 0.3) is 0 Å². The number of urea groups is 1. The summed E-state index contributed by atoms with van der Waals surface area (Å²) >= 11 is 0. The van der Waals surface area contributed by atoms with Crippen molar-refractivity contribution in [3.63, 3.8) is 0 Å². The van der Waals surface area contributed by atoms with Gasteiger partial charge < -0.3 is 16.0 Å². The number of carbonyl (C=O) groups is 1. The maximum Gasteiger partial charge on any atom is 0.319 e. The lowest BCUT2D eigenvalue weighted by Crippen LogP contribution is -2.30. The molecule has 0 atom stereocenters. The van der Waals surface area contributed by atoms with Gasteiger partial charge in [0.15, 0.2) is 0 Å². The summed E-state index contributed by atoms with van der Waals surface area (Å²) in [5.41, 5.74) is 0.708. The van der Waals surface area contributed by atoms with E-state index < -0.39 is 0 Å². The van der Waals surface area contributed by atoms with Crippen LogP contribution in [0.1, 0.15) is 19.8 Å². The number of pyridine rings is 1. The fraction of sp³-hybridized carbons (Fsp3) is 0.455. The molecule has 5 nitrogen and oxygen atoms in total. The fourth-order valence-electron chi connectivity index (χ4n) is 1.33. The molecular formula is C11H16N4O. The highest BCUT2D eigenvalue weighted by molar-refractivity contribution is 5.89. The summed E-state index contributed by atoms with van der Waals surface area (Å²) in [5, 5.41) is 8.68. The van der Waals surface area contributed by atoms with Crippen molar-refractivity contribution in [2.75, 3.05) is 17.2 Å². The maximum atomic E-state index is 11.4. The number of carbonyl (C=O) groups excluding carboxylic acids is 1. The number of anilines is 2. The third-order valence-corrected chi connectivity index (χ3v) is 2.29. The third-order valence-electron chi connectivity index (χ3n) is 2.29. The van der Waals surface area contributed by atoms with Crippen LogP contribution in [0.3, 0.4) is 0 Å². The molecule has 1 aliphatic rings. The average molecular weight is 220 g/mol. The van der Waals surface area contributed by atoms with E-state index in [1.54, 1.807) is 6.20 Å². The second-order valence-electron chi connectivity index (χ2n) is 3.84. The van der Waals surface area contributed by atoms with E-state index in [0.29, 0.717) is 11.7 Å². The van der Waals surface area contributed by atoms with E-state index in [-0.39, 0.29) is 6.03 Å². The molecule has 2 amide bonds. The van der Waals surface area contributed by atoms with Crippen molar-refractivity contribution in [3.8, 4) is 0 Å². The van der Waals surface area contributed by atoms with Gasteiger partial charge in [0.25, 0.3) is 0 Å². The van der Waals surface area contributed by atoms with E-state index in [9.17, 15) is 4.79 Å². The minimum absolute atomic E-state index is 0.152. The molecular weight excluding hydrogens is 204 g/mol. The first kappa shape index (κ1) is 10.7. The summed E-state index contributed by atoms with van der Waals surface area (Å²) in [6.45, 7) is 2.85.